The van der Waals surface area contributed by atoms with E-state index in [2.05, 4.69) is 16.8 Å². The van der Waals surface area contributed by atoms with Crippen molar-refractivity contribution in [2.45, 2.75) is 32.9 Å². The molecular formula is C15H22N2O3. The van der Waals surface area contributed by atoms with Crippen molar-refractivity contribution in [3.63, 3.8) is 0 Å². The minimum atomic E-state index is -0.773. The van der Waals surface area contributed by atoms with Gasteiger partial charge in [0.2, 0.25) is 0 Å². The Morgan fingerprint density at radius 3 is 2.90 bits per heavy atom. The Balaban J connectivity index is 2.10. The Hall–Kier alpha value is -1.46. The number of rotatable bonds is 6. The molecule has 2 atom stereocenters. The summed E-state index contributed by atoms with van der Waals surface area (Å²) in [6.07, 6.45) is 2.83. The van der Waals surface area contributed by atoms with Crippen molar-refractivity contribution >= 4 is 5.97 Å². The molecule has 1 aromatic heterocycles. The fourth-order valence-electron chi connectivity index (χ4n) is 2.59. The van der Waals surface area contributed by atoms with Gasteiger partial charge in [0.1, 0.15) is 0 Å². The van der Waals surface area contributed by atoms with Crippen LogP contribution in [0.2, 0.25) is 0 Å². The van der Waals surface area contributed by atoms with Crippen LogP contribution in [0.15, 0.2) is 18.3 Å². The number of aryl methyl sites for hydroxylation is 1. The van der Waals surface area contributed by atoms with Crippen molar-refractivity contribution in [2.24, 2.45) is 5.92 Å². The lowest BCUT2D eigenvalue weighted by atomic mass is 10.0. The average Bonchev–Trinajstić information content (AvgIpc) is 2.90. The summed E-state index contributed by atoms with van der Waals surface area (Å²) >= 11 is 0. The van der Waals surface area contributed by atoms with Crippen LogP contribution in [0.3, 0.4) is 0 Å². The molecule has 0 bridgehead atoms. The van der Waals surface area contributed by atoms with Crippen molar-refractivity contribution in [1.82, 2.24) is 9.88 Å². The molecule has 0 aliphatic carbocycles. The second kappa shape index (κ2) is 6.81. The van der Waals surface area contributed by atoms with Crippen LogP contribution in [0.1, 0.15) is 24.6 Å². The molecule has 0 radical (unpaired) electrons. The number of hydrogen-bond acceptors (Lipinski definition) is 4. The summed E-state index contributed by atoms with van der Waals surface area (Å²) < 4.78 is 5.37. The number of hydrogen-bond donors (Lipinski definition) is 1. The van der Waals surface area contributed by atoms with E-state index in [0.29, 0.717) is 19.8 Å². The quantitative estimate of drug-likeness (QED) is 0.858. The van der Waals surface area contributed by atoms with Crippen molar-refractivity contribution in [3.05, 3.63) is 29.6 Å². The van der Waals surface area contributed by atoms with Gasteiger partial charge in [0, 0.05) is 18.8 Å². The maximum atomic E-state index is 11.3. The first-order valence-electron chi connectivity index (χ1n) is 7.08. The molecule has 1 saturated heterocycles. The largest absolute Gasteiger partial charge is 0.481 e. The van der Waals surface area contributed by atoms with E-state index in [-0.39, 0.29) is 6.04 Å². The molecule has 1 fully saturated rings. The Labute approximate surface area is 119 Å². The minimum Gasteiger partial charge on any atom is -0.481 e. The van der Waals surface area contributed by atoms with Gasteiger partial charge in [-0.15, -0.1) is 0 Å². The summed E-state index contributed by atoms with van der Waals surface area (Å²) in [6, 6.07) is 3.98. The first-order valence-corrected chi connectivity index (χ1v) is 7.08. The number of pyridine rings is 1. The van der Waals surface area contributed by atoms with Gasteiger partial charge in [-0.2, -0.15) is 0 Å². The van der Waals surface area contributed by atoms with E-state index in [1.165, 1.54) is 0 Å². The average molecular weight is 278 g/mol. The van der Waals surface area contributed by atoms with Gasteiger partial charge in [-0.1, -0.05) is 13.0 Å². The SMILES string of the molecule is CCCN(Cc1ccc(C)cn1)C1COCC1C(=O)O. The number of ether oxygens (including phenoxy) is 1. The molecule has 1 N–H and O–H groups in total. The van der Waals surface area contributed by atoms with E-state index in [0.717, 1.165) is 24.2 Å². The molecular weight excluding hydrogens is 256 g/mol. The Kier molecular flexibility index (Phi) is 5.09. The molecule has 0 saturated carbocycles. The highest BCUT2D eigenvalue weighted by atomic mass is 16.5. The van der Waals surface area contributed by atoms with E-state index < -0.39 is 11.9 Å². The lowest BCUT2D eigenvalue weighted by molar-refractivity contribution is -0.143. The van der Waals surface area contributed by atoms with E-state index in [1.54, 1.807) is 0 Å². The van der Waals surface area contributed by atoms with Gasteiger partial charge in [-0.25, -0.2) is 0 Å². The normalized spacial score (nSPS) is 22.4. The van der Waals surface area contributed by atoms with Crippen LogP contribution in [-0.4, -0.2) is 46.8 Å². The third-order valence-electron chi connectivity index (χ3n) is 3.69. The summed E-state index contributed by atoms with van der Waals surface area (Å²) in [5.41, 5.74) is 2.10. The monoisotopic (exact) mass is 278 g/mol. The molecule has 5 nitrogen and oxygen atoms in total. The van der Waals surface area contributed by atoms with Crippen molar-refractivity contribution in [2.75, 3.05) is 19.8 Å². The molecule has 0 amide bonds. The van der Waals surface area contributed by atoms with E-state index in [1.807, 2.05) is 25.3 Å². The second-order valence-electron chi connectivity index (χ2n) is 5.35. The topological polar surface area (TPSA) is 62.7 Å². The molecule has 0 spiro atoms. The fraction of sp³-hybridized carbons (Fsp3) is 0.600. The third-order valence-corrected chi connectivity index (χ3v) is 3.69. The van der Waals surface area contributed by atoms with Crippen molar-refractivity contribution in [1.29, 1.82) is 0 Å². The second-order valence-corrected chi connectivity index (χ2v) is 5.35. The number of aliphatic carboxylic acids is 1. The van der Waals surface area contributed by atoms with Crippen LogP contribution >= 0.6 is 0 Å². The summed E-state index contributed by atoms with van der Waals surface area (Å²) in [7, 11) is 0. The van der Waals surface area contributed by atoms with Gasteiger partial charge in [0.05, 0.1) is 24.8 Å². The summed E-state index contributed by atoms with van der Waals surface area (Å²) in [6.45, 7) is 6.43. The fourth-order valence-corrected chi connectivity index (χ4v) is 2.59. The number of carboxylic acids is 1. The molecule has 5 heteroatoms. The molecule has 2 unspecified atom stereocenters. The van der Waals surface area contributed by atoms with E-state index >= 15 is 0 Å². The van der Waals surface area contributed by atoms with Crippen LogP contribution in [0.5, 0.6) is 0 Å². The molecule has 2 heterocycles. The third kappa shape index (κ3) is 3.55. The van der Waals surface area contributed by atoms with E-state index in [9.17, 15) is 9.90 Å². The van der Waals surface area contributed by atoms with E-state index in [4.69, 9.17) is 4.74 Å². The van der Waals surface area contributed by atoms with Gasteiger partial charge in [0.15, 0.2) is 0 Å². The van der Waals surface area contributed by atoms with Gasteiger partial charge in [0.25, 0.3) is 0 Å². The highest BCUT2D eigenvalue weighted by Crippen LogP contribution is 2.22. The van der Waals surface area contributed by atoms with Gasteiger partial charge in [-0.05, 0) is 31.5 Å². The Morgan fingerprint density at radius 1 is 1.50 bits per heavy atom. The molecule has 1 aliphatic heterocycles. The minimum absolute atomic E-state index is 0.0597. The van der Waals surface area contributed by atoms with Crippen LogP contribution in [0.25, 0.3) is 0 Å². The van der Waals surface area contributed by atoms with Crippen LogP contribution in [0.4, 0.5) is 0 Å². The number of nitrogens with zero attached hydrogens (tertiary/aromatic N) is 2. The summed E-state index contributed by atoms with van der Waals surface area (Å²) in [4.78, 5) is 17.9. The van der Waals surface area contributed by atoms with Gasteiger partial charge >= 0.3 is 5.97 Å². The lowest BCUT2D eigenvalue weighted by Gasteiger charge is -2.29. The number of aromatic nitrogens is 1. The summed E-state index contributed by atoms with van der Waals surface area (Å²) in [5, 5.41) is 9.28. The van der Waals surface area contributed by atoms with Crippen LogP contribution in [-0.2, 0) is 16.1 Å². The molecule has 1 aromatic rings. The zero-order valence-electron chi connectivity index (χ0n) is 12.1. The first-order chi connectivity index (χ1) is 9.61. The van der Waals surface area contributed by atoms with Gasteiger partial charge < -0.3 is 9.84 Å². The van der Waals surface area contributed by atoms with Crippen molar-refractivity contribution < 1.29 is 14.6 Å². The predicted octanol–water partition coefficient (Wildman–Crippen LogP) is 1.70. The molecule has 20 heavy (non-hydrogen) atoms. The maximum Gasteiger partial charge on any atom is 0.310 e. The molecule has 2 rings (SSSR count). The maximum absolute atomic E-state index is 11.3. The van der Waals surface area contributed by atoms with Crippen molar-refractivity contribution in [3.8, 4) is 0 Å². The highest BCUT2D eigenvalue weighted by molar-refractivity contribution is 5.71. The molecule has 110 valence electrons. The smallest absolute Gasteiger partial charge is 0.310 e. The lowest BCUT2D eigenvalue weighted by Crippen LogP contribution is -2.43. The van der Waals surface area contributed by atoms with Crippen LogP contribution in [0, 0.1) is 12.8 Å². The highest BCUT2D eigenvalue weighted by Gasteiger charge is 2.37. The standard InChI is InChI=1S/C15H22N2O3/c1-3-6-17(8-12-5-4-11(2)7-16-12)14-10-20-9-13(14)15(18)19/h4-5,7,13-14H,3,6,8-10H2,1-2H3,(H,18,19). The molecule has 0 aromatic carbocycles. The zero-order valence-corrected chi connectivity index (χ0v) is 12.1. The Morgan fingerprint density at radius 2 is 2.30 bits per heavy atom. The predicted molar refractivity (Wildman–Crippen MR) is 75.4 cm³/mol. The Bertz CT molecular complexity index is 447. The number of carboxylic acid groups (broad SMARTS) is 1. The molecule has 1 aliphatic rings. The number of carbonyl (C=O) groups is 1. The first kappa shape index (κ1) is 14.9. The zero-order chi connectivity index (χ0) is 14.5. The van der Waals surface area contributed by atoms with Crippen LogP contribution < -0.4 is 0 Å². The summed E-state index contributed by atoms with van der Waals surface area (Å²) in [5.74, 6) is -1.21. The van der Waals surface area contributed by atoms with Gasteiger partial charge in [-0.3, -0.25) is 14.7 Å².